The predicted molar refractivity (Wildman–Crippen MR) is 79.9 cm³/mol. The van der Waals surface area contributed by atoms with Gasteiger partial charge >= 0.3 is 0 Å². The number of benzene rings is 1. The number of rotatable bonds is 7. The fourth-order valence-electron chi connectivity index (χ4n) is 1.58. The molecule has 7 heteroatoms. The molecule has 2 aromatic rings. The van der Waals surface area contributed by atoms with Gasteiger partial charge in [-0.15, -0.1) is 10.2 Å². The molecule has 0 saturated heterocycles. The lowest BCUT2D eigenvalue weighted by atomic mass is 10.2. The van der Waals surface area contributed by atoms with E-state index in [9.17, 15) is 4.79 Å². The summed E-state index contributed by atoms with van der Waals surface area (Å²) in [6, 6.07) is 9.50. The molecular formula is C14H17N3O3S. The van der Waals surface area contributed by atoms with Crippen LogP contribution in [0.25, 0.3) is 11.5 Å². The third kappa shape index (κ3) is 4.57. The normalized spacial score (nSPS) is 12.1. The Balaban J connectivity index is 1.91. The number of carbonyl (C=O) groups is 1. The number of amides is 1. The Hall–Kier alpha value is -1.86. The molecule has 1 N–H and O–H groups in total. The number of hydrogen-bond acceptors (Lipinski definition) is 6. The van der Waals surface area contributed by atoms with Gasteiger partial charge in [-0.1, -0.05) is 30.0 Å². The average molecular weight is 307 g/mol. The molecule has 112 valence electrons. The number of thioether (sulfide) groups is 1. The van der Waals surface area contributed by atoms with Crippen LogP contribution in [0.2, 0.25) is 0 Å². The molecule has 0 aliphatic carbocycles. The number of nitrogens with one attached hydrogen (secondary N) is 1. The van der Waals surface area contributed by atoms with Crippen LogP contribution in [-0.2, 0) is 9.53 Å². The van der Waals surface area contributed by atoms with E-state index in [4.69, 9.17) is 9.15 Å². The lowest BCUT2D eigenvalue weighted by molar-refractivity contribution is -0.120. The summed E-state index contributed by atoms with van der Waals surface area (Å²) >= 11 is 1.23. The van der Waals surface area contributed by atoms with Crippen molar-refractivity contribution in [1.29, 1.82) is 0 Å². The Labute approximate surface area is 127 Å². The lowest BCUT2D eigenvalue weighted by Gasteiger charge is -2.08. The van der Waals surface area contributed by atoms with Gasteiger partial charge < -0.3 is 14.5 Å². The summed E-state index contributed by atoms with van der Waals surface area (Å²) in [6.45, 7) is 2.76. The molecule has 0 bridgehead atoms. The van der Waals surface area contributed by atoms with Gasteiger partial charge in [0.25, 0.3) is 5.22 Å². The van der Waals surface area contributed by atoms with Crippen LogP contribution in [0.4, 0.5) is 0 Å². The van der Waals surface area contributed by atoms with E-state index in [1.165, 1.54) is 11.8 Å². The van der Waals surface area contributed by atoms with Gasteiger partial charge in [-0.05, 0) is 19.1 Å². The highest BCUT2D eigenvalue weighted by Crippen LogP contribution is 2.25. The van der Waals surface area contributed by atoms with Gasteiger partial charge in [0.15, 0.2) is 0 Å². The first-order chi connectivity index (χ1) is 10.2. The Morgan fingerprint density at radius 2 is 2.14 bits per heavy atom. The Morgan fingerprint density at radius 3 is 2.86 bits per heavy atom. The van der Waals surface area contributed by atoms with Crippen molar-refractivity contribution in [3.63, 3.8) is 0 Å². The molecule has 6 nitrogen and oxygen atoms in total. The molecule has 1 amide bonds. The summed E-state index contributed by atoms with van der Waals surface area (Å²) in [6.07, 6.45) is 0. The summed E-state index contributed by atoms with van der Waals surface area (Å²) in [4.78, 5) is 11.8. The maximum Gasteiger partial charge on any atom is 0.277 e. The molecule has 0 saturated carbocycles. The first kappa shape index (κ1) is 15.5. The van der Waals surface area contributed by atoms with Crippen molar-refractivity contribution >= 4 is 17.7 Å². The van der Waals surface area contributed by atoms with E-state index in [2.05, 4.69) is 15.5 Å². The summed E-state index contributed by atoms with van der Waals surface area (Å²) in [7, 11) is 1.59. The summed E-state index contributed by atoms with van der Waals surface area (Å²) in [5.74, 6) is 0.363. The standard InChI is InChI=1S/C14H17N3O3S/c1-10(12(18)15-8-9-19-2)21-14-17-16-13(20-14)11-6-4-3-5-7-11/h3-7,10H,8-9H2,1-2H3,(H,15,18)/t10-/m1/s1. The average Bonchev–Trinajstić information content (AvgIpc) is 2.97. The first-order valence-corrected chi connectivity index (χ1v) is 7.41. The zero-order valence-electron chi connectivity index (χ0n) is 11.9. The molecule has 0 radical (unpaired) electrons. The van der Waals surface area contributed by atoms with Crippen LogP contribution in [-0.4, -0.2) is 41.6 Å². The van der Waals surface area contributed by atoms with E-state index in [1.54, 1.807) is 14.0 Å². The molecule has 0 spiro atoms. The monoisotopic (exact) mass is 307 g/mol. The second-order valence-corrected chi connectivity index (χ2v) is 5.58. The minimum Gasteiger partial charge on any atom is -0.411 e. The van der Waals surface area contributed by atoms with Crippen LogP contribution >= 0.6 is 11.8 Å². The van der Waals surface area contributed by atoms with Crippen molar-refractivity contribution in [2.75, 3.05) is 20.3 Å². The van der Waals surface area contributed by atoms with Crippen LogP contribution in [0.5, 0.6) is 0 Å². The number of carbonyl (C=O) groups excluding carboxylic acids is 1. The third-order valence-electron chi connectivity index (χ3n) is 2.68. The Morgan fingerprint density at radius 1 is 1.38 bits per heavy atom. The molecule has 0 aliphatic heterocycles. The van der Waals surface area contributed by atoms with Crippen molar-refractivity contribution < 1.29 is 13.9 Å². The number of aromatic nitrogens is 2. The van der Waals surface area contributed by atoms with Crippen molar-refractivity contribution in [2.45, 2.75) is 17.4 Å². The first-order valence-electron chi connectivity index (χ1n) is 6.53. The number of methoxy groups -OCH3 is 1. The highest BCUT2D eigenvalue weighted by atomic mass is 32.2. The minimum absolute atomic E-state index is 0.0866. The maximum absolute atomic E-state index is 11.8. The maximum atomic E-state index is 11.8. The number of hydrogen-bond donors (Lipinski definition) is 1. The smallest absolute Gasteiger partial charge is 0.277 e. The molecule has 2 rings (SSSR count). The second kappa shape index (κ2) is 7.80. The zero-order chi connectivity index (χ0) is 15.1. The molecule has 1 atom stereocenters. The van der Waals surface area contributed by atoms with Crippen LogP contribution < -0.4 is 5.32 Å². The van der Waals surface area contributed by atoms with Gasteiger partial charge in [0.05, 0.1) is 11.9 Å². The Kier molecular flexibility index (Phi) is 5.77. The van der Waals surface area contributed by atoms with E-state index in [-0.39, 0.29) is 11.2 Å². The minimum atomic E-state index is -0.314. The van der Waals surface area contributed by atoms with E-state index in [0.29, 0.717) is 24.3 Å². The zero-order valence-corrected chi connectivity index (χ0v) is 12.7. The van der Waals surface area contributed by atoms with Crippen molar-refractivity contribution in [3.8, 4) is 11.5 Å². The largest absolute Gasteiger partial charge is 0.411 e. The van der Waals surface area contributed by atoms with Crippen LogP contribution in [0.3, 0.4) is 0 Å². The highest BCUT2D eigenvalue weighted by Gasteiger charge is 2.18. The predicted octanol–water partition coefficient (Wildman–Crippen LogP) is 1.98. The molecule has 1 aromatic heterocycles. The number of ether oxygens (including phenoxy) is 1. The van der Waals surface area contributed by atoms with E-state index in [0.717, 1.165) is 5.56 Å². The second-order valence-electron chi connectivity index (χ2n) is 4.28. The quantitative estimate of drug-likeness (QED) is 0.622. The molecule has 0 unspecified atom stereocenters. The van der Waals surface area contributed by atoms with Crippen LogP contribution in [0.15, 0.2) is 40.0 Å². The summed E-state index contributed by atoms with van der Waals surface area (Å²) in [5, 5.41) is 10.8. The van der Waals surface area contributed by atoms with E-state index >= 15 is 0 Å². The Bertz CT molecular complexity index is 574. The van der Waals surface area contributed by atoms with Gasteiger partial charge in [0.2, 0.25) is 11.8 Å². The summed E-state index contributed by atoms with van der Waals surface area (Å²) in [5.41, 5.74) is 0.856. The van der Waals surface area contributed by atoms with Gasteiger partial charge in [0, 0.05) is 19.2 Å². The van der Waals surface area contributed by atoms with Crippen LogP contribution in [0.1, 0.15) is 6.92 Å². The molecule has 1 aromatic carbocycles. The van der Waals surface area contributed by atoms with Crippen molar-refractivity contribution in [1.82, 2.24) is 15.5 Å². The fraction of sp³-hybridized carbons (Fsp3) is 0.357. The molecule has 1 heterocycles. The van der Waals surface area contributed by atoms with Gasteiger partial charge in [-0.3, -0.25) is 4.79 Å². The molecule has 0 aliphatic rings. The van der Waals surface area contributed by atoms with Gasteiger partial charge in [-0.2, -0.15) is 0 Å². The molecule has 0 fully saturated rings. The van der Waals surface area contributed by atoms with E-state index < -0.39 is 0 Å². The van der Waals surface area contributed by atoms with E-state index in [1.807, 2.05) is 30.3 Å². The van der Waals surface area contributed by atoms with Crippen molar-refractivity contribution in [3.05, 3.63) is 30.3 Å². The highest BCUT2D eigenvalue weighted by molar-refractivity contribution is 8.00. The van der Waals surface area contributed by atoms with Gasteiger partial charge in [0.1, 0.15) is 0 Å². The number of nitrogens with zero attached hydrogens (tertiary/aromatic N) is 2. The lowest BCUT2D eigenvalue weighted by Crippen LogP contribution is -2.33. The molecular weight excluding hydrogens is 290 g/mol. The SMILES string of the molecule is COCCNC(=O)[C@@H](C)Sc1nnc(-c2ccccc2)o1. The topological polar surface area (TPSA) is 77.2 Å². The van der Waals surface area contributed by atoms with Crippen molar-refractivity contribution in [2.24, 2.45) is 0 Å². The van der Waals surface area contributed by atoms with Crippen LogP contribution in [0, 0.1) is 0 Å². The summed E-state index contributed by atoms with van der Waals surface area (Å²) < 4.78 is 10.4. The third-order valence-corrected chi connectivity index (χ3v) is 3.61. The fourth-order valence-corrected chi connectivity index (χ4v) is 2.29. The molecule has 21 heavy (non-hydrogen) atoms. The van der Waals surface area contributed by atoms with Gasteiger partial charge in [-0.25, -0.2) is 0 Å².